The molecule has 1 fully saturated rings. The van der Waals surface area contributed by atoms with Gasteiger partial charge in [0.1, 0.15) is 0 Å². The lowest BCUT2D eigenvalue weighted by molar-refractivity contribution is 0.188. The monoisotopic (exact) mass is 281 g/mol. The van der Waals surface area contributed by atoms with Crippen LogP contribution in [-0.4, -0.2) is 36.1 Å². The van der Waals surface area contributed by atoms with Crippen LogP contribution >= 0.6 is 0 Å². The van der Waals surface area contributed by atoms with Gasteiger partial charge in [-0.05, 0) is 55.3 Å². The Bertz CT molecular complexity index is 568. The Morgan fingerprint density at radius 1 is 1.24 bits per heavy atom. The van der Waals surface area contributed by atoms with Crippen LogP contribution in [0.15, 0.2) is 48.8 Å². The summed E-state index contributed by atoms with van der Waals surface area (Å²) in [7, 11) is 2.07. The van der Waals surface area contributed by atoms with Gasteiger partial charge in [-0.2, -0.15) is 0 Å². The Kier molecular flexibility index (Phi) is 4.63. The topological polar surface area (TPSA) is 28.2 Å². The molecule has 110 valence electrons. The second kappa shape index (κ2) is 6.83. The molecule has 0 aliphatic carbocycles. The van der Waals surface area contributed by atoms with Gasteiger partial charge in [0.2, 0.25) is 0 Å². The van der Waals surface area contributed by atoms with Gasteiger partial charge in [-0.3, -0.25) is 9.88 Å². The van der Waals surface area contributed by atoms with E-state index < -0.39 is 0 Å². The Balaban J connectivity index is 1.72. The molecule has 2 aromatic rings. The number of rotatable bonds is 4. The summed E-state index contributed by atoms with van der Waals surface area (Å²) in [5.41, 5.74) is 3.82. The molecule has 1 aromatic heterocycles. The van der Waals surface area contributed by atoms with Gasteiger partial charge < -0.3 is 5.32 Å². The molecular weight excluding hydrogens is 258 g/mol. The summed E-state index contributed by atoms with van der Waals surface area (Å²) < 4.78 is 0. The van der Waals surface area contributed by atoms with Crippen LogP contribution < -0.4 is 5.32 Å². The van der Waals surface area contributed by atoms with Crippen LogP contribution in [0.4, 0.5) is 0 Å². The number of nitrogens with one attached hydrogen (secondary N) is 1. The Morgan fingerprint density at radius 3 is 2.95 bits per heavy atom. The minimum atomic E-state index is 0.639. The first kappa shape index (κ1) is 14.2. The minimum Gasteiger partial charge on any atom is -0.316 e. The van der Waals surface area contributed by atoms with Gasteiger partial charge in [-0.25, -0.2) is 0 Å². The molecule has 1 aliphatic heterocycles. The molecule has 1 unspecified atom stereocenters. The number of piperidine rings is 1. The third-order valence-corrected chi connectivity index (χ3v) is 4.24. The zero-order chi connectivity index (χ0) is 14.5. The largest absolute Gasteiger partial charge is 0.316 e. The fraction of sp³-hybridized carbons (Fsp3) is 0.389. The summed E-state index contributed by atoms with van der Waals surface area (Å²) in [6.07, 6.45) is 6.33. The fourth-order valence-corrected chi connectivity index (χ4v) is 3.08. The van der Waals surface area contributed by atoms with E-state index in [4.69, 9.17) is 0 Å². The maximum atomic E-state index is 4.21. The van der Waals surface area contributed by atoms with E-state index in [2.05, 4.69) is 52.6 Å². The molecule has 2 heterocycles. The van der Waals surface area contributed by atoms with Gasteiger partial charge in [0.05, 0.1) is 0 Å². The number of aromatic nitrogens is 1. The molecule has 1 N–H and O–H groups in total. The highest BCUT2D eigenvalue weighted by Crippen LogP contribution is 2.21. The van der Waals surface area contributed by atoms with Crippen LogP contribution in [0.2, 0.25) is 0 Å². The Morgan fingerprint density at radius 2 is 2.14 bits per heavy atom. The first-order valence-corrected chi connectivity index (χ1v) is 7.74. The smallest absolute Gasteiger partial charge is 0.0346 e. The van der Waals surface area contributed by atoms with Crippen molar-refractivity contribution in [3.8, 4) is 11.1 Å². The van der Waals surface area contributed by atoms with Crippen molar-refractivity contribution < 1.29 is 0 Å². The lowest BCUT2D eigenvalue weighted by Crippen LogP contribution is -2.43. The lowest BCUT2D eigenvalue weighted by atomic mass is 10.0. The predicted molar refractivity (Wildman–Crippen MR) is 87.0 cm³/mol. The fourth-order valence-electron chi connectivity index (χ4n) is 3.08. The Hall–Kier alpha value is -1.71. The third kappa shape index (κ3) is 3.69. The normalized spacial score (nSPS) is 19.6. The number of likely N-dealkylation sites (N-methyl/N-ethyl adjacent to an activating group) is 1. The van der Waals surface area contributed by atoms with Crippen molar-refractivity contribution in [2.45, 2.75) is 25.4 Å². The standard InChI is InChI=1S/C18H23N3/c1-19-18-8-4-10-21(14-18)13-15-5-2-6-16(11-15)17-7-3-9-20-12-17/h2-3,5-7,9,11-12,18-19H,4,8,10,13-14H2,1H3. The summed E-state index contributed by atoms with van der Waals surface area (Å²) in [5, 5.41) is 3.41. The molecule has 0 spiro atoms. The first-order chi connectivity index (χ1) is 10.3. The molecule has 3 nitrogen and oxygen atoms in total. The van der Waals surface area contributed by atoms with Crippen molar-refractivity contribution >= 4 is 0 Å². The van der Waals surface area contributed by atoms with Crippen molar-refractivity contribution in [3.63, 3.8) is 0 Å². The maximum absolute atomic E-state index is 4.21. The van der Waals surface area contributed by atoms with Crippen molar-refractivity contribution in [1.29, 1.82) is 0 Å². The summed E-state index contributed by atoms with van der Waals surface area (Å²) in [6, 6.07) is 13.6. The average molecular weight is 281 g/mol. The summed E-state index contributed by atoms with van der Waals surface area (Å²) >= 11 is 0. The summed E-state index contributed by atoms with van der Waals surface area (Å²) in [6.45, 7) is 3.38. The highest BCUT2D eigenvalue weighted by Gasteiger charge is 2.18. The van der Waals surface area contributed by atoms with Crippen LogP contribution in [-0.2, 0) is 6.54 Å². The van der Waals surface area contributed by atoms with Gasteiger partial charge in [0.25, 0.3) is 0 Å². The third-order valence-electron chi connectivity index (χ3n) is 4.24. The van der Waals surface area contributed by atoms with Crippen LogP contribution in [0.3, 0.4) is 0 Å². The molecule has 0 saturated carbocycles. The quantitative estimate of drug-likeness (QED) is 0.934. The van der Waals surface area contributed by atoms with Gasteiger partial charge in [-0.15, -0.1) is 0 Å². The highest BCUT2D eigenvalue weighted by atomic mass is 15.2. The number of nitrogens with zero attached hydrogens (tertiary/aromatic N) is 2. The minimum absolute atomic E-state index is 0.639. The van der Waals surface area contributed by atoms with E-state index in [0.717, 1.165) is 13.1 Å². The number of likely N-dealkylation sites (tertiary alicyclic amines) is 1. The van der Waals surface area contributed by atoms with Gasteiger partial charge in [-0.1, -0.05) is 24.3 Å². The van der Waals surface area contributed by atoms with Crippen LogP contribution in [0.5, 0.6) is 0 Å². The SMILES string of the molecule is CNC1CCCN(Cc2cccc(-c3cccnc3)c2)C1. The molecule has 3 rings (SSSR count). The van der Waals surface area contributed by atoms with Crippen LogP contribution in [0, 0.1) is 0 Å². The Labute approximate surface area is 127 Å². The van der Waals surface area contributed by atoms with E-state index in [1.807, 2.05) is 18.5 Å². The zero-order valence-corrected chi connectivity index (χ0v) is 12.6. The van der Waals surface area contributed by atoms with E-state index in [0.29, 0.717) is 6.04 Å². The van der Waals surface area contributed by atoms with E-state index >= 15 is 0 Å². The van der Waals surface area contributed by atoms with Crippen molar-refractivity contribution in [2.24, 2.45) is 0 Å². The molecule has 1 saturated heterocycles. The number of benzene rings is 1. The molecule has 1 atom stereocenters. The number of pyridine rings is 1. The average Bonchev–Trinajstić information content (AvgIpc) is 2.56. The molecule has 1 aliphatic rings. The summed E-state index contributed by atoms with van der Waals surface area (Å²) in [5.74, 6) is 0. The highest BCUT2D eigenvalue weighted by molar-refractivity contribution is 5.62. The predicted octanol–water partition coefficient (Wildman–Crippen LogP) is 2.93. The van der Waals surface area contributed by atoms with Crippen LogP contribution in [0.25, 0.3) is 11.1 Å². The lowest BCUT2D eigenvalue weighted by Gasteiger charge is -2.32. The van der Waals surface area contributed by atoms with Crippen molar-refractivity contribution in [2.75, 3.05) is 20.1 Å². The maximum Gasteiger partial charge on any atom is 0.0346 e. The zero-order valence-electron chi connectivity index (χ0n) is 12.6. The second-order valence-electron chi connectivity index (χ2n) is 5.81. The summed E-state index contributed by atoms with van der Waals surface area (Å²) in [4.78, 5) is 6.76. The van der Waals surface area contributed by atoms with E-state index in [9.17, 15) is 0 Å². The van der Waals surface area contributed by atoms with Crippen LogP contribution in [0.1, 0.15) is 18.4 Å². The van der Waals surface area contributed by atoms with Gasteiger partial charge in [0.15, 0.2) is 0 Å². The molecule has 1 aromatic carbocycles. The van der Waals surface area contributed by atoms with E-state index in [1.54, 1.807) is 0 Å². The molecule has 0 bridgehead atoms. The van der Waals surface area contributed by atoms with Crippen molar-refractivity contribution in [3.05, 3.63) is 54.4 Å². The number of hydrogen-bond donors (Lipinski definition) is 1. The van der Waals surface area contributed by atoms with Gasteiger partial charge >= 0.3 is 0 Å². The van der Waals surface area contributed by atoms with E-state index in [1.165, 1.54) is 36.1 Å². The second-order valence-corrected chi connectivity index (χ2v) is 5.81. The molecule has 0 amide bonds. The van der Waals surface area contributed by atoms with E-state index in [-0.39, 0.29) is 0 Å². The molecule has 21 heavy (non-hydrogen) atoms. The van der Waals surface area contributed by atoms with Crippen molar-refractivity contribution in [1.82, 2.24) is 15.2 Å². The molecule has 0 radical (unpaired) electrons. The molecule has 3 heteroatoms. The van der Waals surface area contributed by atoms with Gasteiger partial charge in [0, 0.05) is 31.5 Å². The first-order valence-electron chi connectivity index (χ1n) is 7.74. The molecular formula is C18H23N3. The number of hydrogen-bond acceptors (Lipinski definition) is 3.